The summed E-state index contributed by atoms with van der Waals surface area (Å²) in [5.74, 6) is 0.740. The number of hydrogen-bond acceptors (Lipinski definition) is 6. The van der Waals surface area contributed by atoms with Gasteiger partial charge in [0.15, 0.2) is 6.19 Å². The van der Waals surface area contributed by atoms with E-state index < -0.39 is 17.7 Å². The summed E-state index contributed by atoms with van der Waals surface area (Å²) in [6.07, 6.45) is 0.791. The number of aliphatic hydroxyl groups excluding tert-OH is 1. The molecule has 1 heterocycles. The predicted molar refractivity (Wildman–Crippen MR) is 103 cm³/mol. The molecule has 0 saturated carbocycles. The van der Waals surface area contributed by atoms with Crippen LogP contribution in [0.3, 0.4) is 0 Å². The Labute approximate surface area is 162 Å². The van der Waals surface area contributed by atoms with Crippen molar-refractivity contribution in [2.75, 3.05) is 5.32 Å². The zero-order chi connectivity index (χ0) is 20.3. The Morgan fingerprint density at radius 2 is 1.89 bits per heavy atom. The smallest absolute Gasteiger partial charge is 0.209 e. The molecule has 8 nitrogen and oxygen atoms in total. The van der Waals surface area contributed by atoms with E-state index in [0.29, 0.717) is 22.6 Å². The molecule has 2 aromatic rings. The molecule has 0 bridgehead atoms. The van der Waals surface area contributed by atoms with Gasteiger partial charge in [0.2, 0.25) is 5.96 Å². The lowest BCUT2D eigenvalue weighted by Crippen LogP contribution is -2.49. The van der Waals surface area contributed by atoms with Crippen LogP contribution in [0.15, 0.2) is 47.5 Å². The highest BCUT2D eigenvalue weighted by Gasteiger charge is 2.43. The highest BCUT2D eigenvalue weighted by Crippen LogP contribution is 2.42. The number of aromatic hydroxyl groups is 1. The molecule has 0 aliphatic carbocycles. The first-order valence-corrected chi connectivity index (χ1v) is 8.54. The number of phenols is 1. The van der Waals surface area contributed by atoms with Crippen molar-refractivity contribution in [3.05, 3.63) is 53.6 Å². The number of fused-ring (bicyclic) bond motifs is 1. The minimum absolute atomic E-state index is 0.108. The van der Waals surface area contributed by atoms with E-state index in [1.54, 1.807) is 44.2 Å². The highest BCUT2D eigenvalue weighted by atomic mass is 16.5. The number of phenolic OH excluding ortho intramolecular Hbond substituents is 1. The maximum Gasteiger partial charge on any atom is 0.209 e. The van der Waals surface area contributed by atoms with Crippen molar-refractivity contribution in [2.45, 2.75) is 31.6 Å². The van der Waals surface area contributed by atoms with Crippen molar-refractivity contribution in [3.8, 4) is 23.8 Å². The molecule has 28 heavy (non-hydrogen) atoms. The van der Waals surface area contributed by atoms with Crippen LogP contribution in [-0.4, -0.2) is 27.9 Å². The number of nitrogens with one attached hydrogen (secondary N) is 2. The van der Waals surface area contributed by atoms with E-state index >= 15 is 0 Å². The van der Waals surface area contributed by atoms with Crippen LogP contribution in [0.4, 0.5) is 5.69 Å². The van der Waals surface area contributed by atoms with Crippen LogP contribution >= 0.6 is 0 Å². The molecule has 2 aromatic carbocycles. The molecule has 142 valence electrons. The number of aliphatic imine (C=N–C) groups is 1. The van der Waals surface area contributed by atoms with Gasteiger partial charge in [-0.05, 0) is 56.3 Å². The van der Waals surface area contributed by atoms with Crippen molar-refractivity contribution in [2.24, 2.45) is 4.99 Å². The van der Waals surface area contributed by atoms with Crippen LogP contribution in [0.2, 0.25) is 0 Å². The summed E-state index contributed by atoms with van der Waals surface area (Å²) in [6, 6.07) is 12.5. The maximum atomic E-state index is 10.8. The van der Waals surface area contributed by atoms with E-state index in [4.69, 9.17) is 10.00 Å². The zero-order valence-electron chi connectivity index (χ0n) is 15.3. The summed E-state index contributed by atoms with van der Waals surface area (Å²) < 4.78 is 5.87. The Kier molecular flexibility index (Phi) is 5.08. The second-order valence-electron chi connectivity index (χ2n) is 6.85. The van der Waals surface area contributed by atoms with Gasteiger partial charge >= 0.3 is 0 Å². The standard InChI is InChI=1S/C20H19N5O3/c1-20(2)18(27)17(15-9-12(10-21)3-8-16(15)28-20)25-19(23-11-22)24-13-4-6-14(26)7-5-13/h3-9,17-18,26-27H,1-2H3,(H2,23,24,25)/t17-,18+/m0/s1. The lowest BCUT2D eigenvalue weighted by atomic mass is 9.86. The fraction of sp³-hybridized carbons (Fsp3) is 0.250. The van der Waals surface area contributed by atoms with Gasteiger partial charge in [0.1, 0.15) is 29.2 Å². The molecule has 2 atom stereocenters. The third-order valence-corrected chi connectivity index (χ3v) is 4.41. The van der Waals surface area contributed by atoms with E-state index in [2.05, 4.69) is 21.7 Å². The number of anilines is 1. The lowest BCUT2D eigenvalue weighted by molar-refractivity contribution is -0.0567. The van der Waals surface area contributed by atoms with Gasteiger partial charge in [-0.3, -0.25) is 5.32 Å². The fourth-order valence-electron chi connectivity index (χ4n) is 2.95. The van der Waals surface area contributed by atoms with E-state index in [1.165, 1.54) is 12.1 Å². The van der Waals surface area contributed by atoms with Crippen molar-refractivity contribution in [3.63, 3.8) is 0 Å². The van der Waals surface area contributed by atoms with Crippen molar-refractivity contribution < 1.29 is 14.9 Å². The molecule has 8 heteroatoms. The van der Waals surface area contributed by atoms with Crippen LogP contribution in [-0.2, 0) is 0 Å². The molecule has 0 fully saturated rings. The predicted octanol–water partition coefficient (Wildman–Crippen LogP) is 2.38. The summed E-state index contributed by atoms with van der Waals surface area (Å²) in [6.45, 7) is 3.48. The molecule has 0 unspecified atom stereocenters. The van der Waals surface area contributed by atoms with Gasteiger partial charge in [-0.1, -0.05) is 0 Å². The second-order valence-corrected chi connectivity index (χ2v) is 6.85. The highest BCUT2D eigenvalue weighted by molar-refractivity contribution is 5.94. The molecule has 0 spiro atoms. The molecule has 3 rings (SSSR count). The van der Waals surface area contributed by atoms with Gasteiger partial charge in [-0.25, -0.2) is 4.99 Å². The van der Waals surface area contributed by atoms with E-state index in [9.17, 15) is 15.5 Å². The third kappa shape index (κ3) is 3.83. The molecular weight excluding hydrogens is 358 g/mol. The zero-order valence-corrected chi connectivity index (χ0v) is 15.3. The number of hydrogen-bond donors (Lipinski definition) is 4. The quantitative estimate of drug-likeness (QED) is 0.207. The summed E-state index contributed by atoms with van der Waals surface area (Å²) in [5, 5.41) is 43.9. The Hall–Kier alpha value is -3.75. The summed E-state index contributed by atoms with van der Waals surface area (Å²) in [5.41, 5.74) is 0.628. The van der Waals surface area contributed by atoms with E-state index in [1.807, 2.05) is 6.19 Å². The van der Waals surface area contributed by atoms with Crippen LogP contribution in [0.5, 0.6) is 11.5 Å². The van der Waals surface area contributed by atoms with Gasteiger partial charge in [0.25, 0.3) is 0 Å². The van der Waals surface area contributed by atoms with E-state index in [0.717, 1.165) is 0 Å². The number of aliphatic hydroxyl groups is 1. The first-order valence-electron chi connectivity index (χ1n) is 8.54. The molecule has 1 aliphatic rings. The molecule has 0 amide bonds. The van der Waals surface area contributed by atoms with Crippen LogP contribution in [0.25, 0.3) is 0 Å². The van der Waals surface area contributed by atoms with Gasteiger partial charge in [0.05, 0.1) is 11.6 Å². The normalized spacial score (nSPS) is 20.1. The van der Waals surface area contributed by atoms with Gasteiger partial charge in [-0.15, -0.1) is 0 Å². The average Bonchev–Trinajstić information content (AvgIpc) is 2.67. The fourth-order valence-corrected chi connectivity index (χ4v) is 2.95. The topological polar surface area (TPSA) is 134 Å². The third-order valence-electron chi connectivity index (χ3n) is 4.41. The molecule has 4 N–H and O–H groups in total. The number of guanidine groups is 1. The minimum Gasteiger partial charge on any atom is -0.508 e. The minimum atomic E-state index is -1.02. The number of nitriles is 2. The summed E-state index contributed by atoms with van der Waals surface area (Å²) in [4.78, 5) is 4.51. The maximum absolute atomic E-state index is 10.8. The number of rotatable bonds is 2. The Bertz CT molecular complexity index is 986. The SMILES string of the molecule is CC1(C)Oc2ccc(C#N)cc2[C@H](N=C(NC#N)Nc2ccc(O)cc2)[C@H]1O. The molecule has 1 aliphatic heterocycles. The Morgan fingerprint density at radius 1 is 1.18 bits per heavy atom. The molecule has 0 saturated heterocycles. The van der Waals surface area contributed by atoms with Crippen molar-refractivity contribution >= 4 is 11.6 Å². The number of benzene rings is 2. The number of nitrogens with zero attached hydrogens (tertiary/aromatic N) is 3. The Morgan fingerprint density at radius 3 is 2.54 bits per heavy atom. The van der Waals surface area contributed by atoms with Gasteiger partial charge in [0, 0.05) is 11.3 Å². The lowest BCUT2D eigenvalue weighted by Gasteiger charge is -2.40. The van der Waals surface area contributed by atoms with Crippen LogP contribution < -0.4 is 15.4 Å². The summed E-state index contributed by atoms with van der Waals surface area (Å²) in [7, 11) is 0. The first-order chi connectivity index (χ1) is 13.3. The molecular formula is C20H19N5O3. The van der Waals surface area contributed by atoms with Crippen molar-refractivity contribution in [1.82, 2.24) is 5.32 Å². The largest absolute Gasteiger partial charge is 0.508 e. The first kappa shape index (κ1) is 19.0. The monoisotopic (exact) mass is 377 g/mol. The van der Waals surface area contributed by atoms with Gasteiger partial charge in [-0.2, -0.15) is 10.5 Å². The van der Waals surface area contributed by atoms with Crippen LogP contribution in [0.1, 0.15) is 31.0 Å². The van der Waals surface area contributed by atoms with Crippen molar-refractivity contribution in [1.29, 1.82) is 10.5 Å². The Balaban J connectivity index is 2.03. The molecule has 0 radical (unpaired) electrons. The van der Waals surface area contributed by atoms with Crippen LogP contribution in [0, 0.1) is 22.8 Å². The second kappa shape index (κ2) is 7.47. The average molecular weight is 377 g/mol. The summed E-state index contributed by atoms with van der Waals surface area (Å²) >= 11 is 0. The van der Waals surface area contributed by atoms with E-state index in [-0.39, 0.29) is 11.7 Å². The number of ether oxygens (including phenoxy) is 1. The molecule has 0 aromatic heterocycles. The van der Waals surface area contributed by atoms with Gasteiger partial charge < -0.3 is 20.3 Å².